The van der Waals surface area contributed by atoms with E-state index >= 15 is 0 Å². The molecular formula is C21H20O4S2. The smallest absolute Gasteiger partial charge is 0.333 e. The zero-order valence-corrected chi connectivity index (χ0v) is 16.5. The van der Waals surface area contributed by atoms with Crippen LogP contribution in [-0.4, -0.2) is 30.9 Å². The Labute approximate surface area is 166 Å². The Morgan fingerprint density at radius 3 is 2.26 bits per heavy atom. The molecule has 0 spiro atoms. The van der Waals surface area contributed by atoms with Crippen molar-refractivity contribution < 1.29 is 19.4 Å². The summed E-state index contributed by atoms with van der Waals surface area (Å²) in [6.07, 6.45) is 0.475. The predicted molar refractivity (Wildman–Crippen MR) is 108 cm³/mol. The van der Waals surface area contributed by atoms with Gasteiger partial charge in [-0.3, -0.25) is 0 Å². The van der Waals surface area contributed by atoms with E-state index < -0.39 is 12.1 Å². The minimum Gasteiger partial charge on any atom is -0.494 e. The second kappa shape index (κ2) is 7.84. The molecule has 1 aliphatic rings. The number of carboxylic acid groups (broad SMARTS) is 1. The molecule has 2 aromatic heterocycles. The standard InChI is InChI=1S/C21H20O4S2/c1-24-18(21(22)23)12-13-2-4-14(5-3-13)25-9-6-17-19-15(7-10-26-19)16-8-11-27-20(16)17/h2-5,7-8,10-11,17-18H,6,9,12H2,1H3,(H,22,23). The predicted octanol–water partition coefficient (Wildman–Crippen LogP) is 5.03. The molecule has 0 fully saturated rings. The summed E-state index contributed by atoms with van der Waals surface area (Å²) >= 11 is 3.66. The van der Waals surface area contributed by atoms with Crippen molar-refractivity contribution in [3.05, 3.63) is 62.5 Å². The highest BCUT2D eigenvalue weighted by molar-refractivity contribution is 7.13. The molecule has 0 saturated heterocycles. The molecule has 2 heterocycles. The molecule has 6 heteroatoms. The highest BCUT2D eigenvalue weighted by Crippen LogP contribution is 2.51. The van der Waals surface area contributed by atoms with Gasteiger partial charge in [-0.05, 0) is 58.1 Å². The normalized spacial score (nSPS) is 14.0. The van der Waals surface area contributed by atoms with Crippen LogP contribution in [0.4, 0.5) is 0 Å². The number of rotatable bonds is 8. The first-order chi connectivity index (χ1) is 13.2. The van der Waals surface area contributed by atoms with Gasteiger partial charge in [-0.1, -0.05) is 12.1 Å². The van der Waals surface area contributed by atoms with Crippen molar-refractivity contribution in [3.8, 4) is 16.9 Å². The number of hydrogen-bond donors (Lipinski definition) is 1. The van der Waals surface area contributed by atoms with Crippen molar-refractivity contribution in [2.45, 2.75) is 24.9 Å². The maximum Gasteiger partial charge on any atom is 0.333 e. The summed E-state index contributed by atoms with van der Waals surface area (Å²) in [7, 11) is 1.41. The quantitative estimate of drug-likeness (QED) is 0.576. The maximum atomic E-state index is 11.1. The fourth-order valence-electron chi connectivity index (χ4n) is 3.51. The third kappa shape index (κ3) is 3.65. The fourth-order valence-corrected chi connectivity index (χ4v) is 5.70. The number of benzene rings is 1. The van der Waals surface area contributed by atoms with E-state index in [0.717, 1.165) is 17.7 Å². The van der Waals surface area contributed by atoms with E-state index in [1.807, 2.05) is 46.9 Å². The van der Waals surface area contributed by atoms with Crippen LogP contribution in [0.2, 0.25) is 0 Å². The van der Waals surface area contributed by atoms with E-state index in [4.69, 9.17) is 14.6 Å². The van der Waals surface area contributed by atoms with Crippen molar-refractivity contribution in [1.82, 2.24) is 0 Å². The van der Waals surface area contributed by atoms with Crippen molar-refractivity contribution >= 4 is 28.6 Å². The minimum absolute atomic E-state index is 0.344. The lowest BCUT2D eigenvalue weighted by Gasteiger charge is -2.13. The van der Waals surface area contributed by atoms with Crippen molar-refractivity contribution in [3.63, 3.8) is 0 Å². The third-order valence-corrected chi connectivity index (χ3v) is 6.95. The molecule has 0 amide bonds. The van der Waals surface area contributed by atoms with E-state index in [1.165, 1.54) is 28.0 Å². The van der Waals surface area contributed by atoms with Crippen LogP contribution in [0.25, 0.3) is 11.1 Å². The molecule has 27 heavy (non-hydrogen) atoms. The van der Waals surface area contributed by atoms with Crippen LogP contribution < -0.4 is 4.74 Å². The SMILES string of the molecule is COC(Cc1ccc(OCCC2c3sccc3-c3ccsc32)cc1)C(=O)O. The van der Waals surface area contributed by atoms with Gasteiger partial charge in [-0.15, -0.1) is 22.7 Å². The lowest BCUT2D eigenvalue weighted by Crippen LogP contribution is -2.24. The molecule has 0 aliphatic heterocycles. The topological polar surface area (TPSA) is 55.8 Å². The van der Waals surface area contributed by atoms with Gasteiger partial charge in [0.25, 0.3) is 0 Å². The summed E-state index contributed by atoms with van der Waals surface area (Å²) in [5.41, 5.74) is 3.69. The minimum atomic E-state index is -0.949. The van der Waals surface area contributed by atoms with E-state index in [0.29, 0.717) is 18.9 Å². The van der Waals surface area contributed by atoms with Crippen LogP contribution in [-0.2, 0) is 16.0 Å². The average molecular weight is 401 g/mol. The summed E-state index contributed by atoms with van der Waals surface area (Å²) in [6.45, 7) is 0.647. The number of hydrogen-bond acceptors (Lipinski definition) is 5. The number of aliphatic carboxylic acids is 1. The number of carboxylic acids is 1. The van der Waals surface area contributed by atoms with Gasteiger partial charge in [0.15, 0.2) is 6.10 Å². The van der Waals surface area contributed by atoms with Crippen LogP contribution >= 0.6 is 22.7 Å². The monoisotopic (exact) mass is 400 g/mol. The molecule has 0 radical (unpaired) electrons. The van der Waals surface area contributed by atoms with Crippen LogP contribution in [0.3, 0.4) is 0 Å². The van der Waals surface area contributed by atoms with Crippen LogP contribution in [0.1, 0.15) is 27.7 Å². The number of carbonyl (C=O) groups is 1. The molecule has 4 nitrogen and oxygen atoms in total. The molecule has 1 atom stereocenters. The molecular weight excluding hydrogens is 380 g/mol. The Morgan fingerprint density at radius 1 is 1.07 bits per heavy atom. The van der Waals surface area contributed by atoms with Crippen molar-refractivity contribution in [2.24, 2.45) is 0 Å². The molecule has 3 aromatic rings. The fraction of sp³-hybridized carbons (Fsp3) is 0.286. The number of ether oxygens (including phenoxy) is 2. The average Bonchev–Trinajstić information content (AvgIpc) is 3.36. The summed E-state index contributed by atoms with van der Waals surface area (Å²) < 4.78 is 10.9. The van der Waals surface area contributed by atoms with E-state index in [-0.39, 0.29) is 0 Å². The lowest BCUT2D eigenvalue weighted by atomic mass is 10.1. The number of fused-ring (bicyclic) bond motifs is 3. The van der Waals surface area contributed by atoms with Gasteiger partial charge in [0.2, 0.25) is 0 Å². The first-order valence-corrected chi connectivity index (χ1v) is 10.6. The molecule has 140 valence electrons. The molecule has 1 N–H and O–H groups in total. The van der Waals surface area contributed by atoms with Gasteiger partial charge in [-0.25, -0.2) is 4.79 Å². The van der Waals surface area contributed by atoms with Crippen LogP contribution in [0.5, 0.6) is 5.75 Å². The molecule has 1 aliphatic carbocycles. The maximum absolute atomic E-state index is 11.1. The van der Waals surface area contributed by atoms with Crippen LogP contribution in [0, 0.1) is 0 Å². The Kier molecular flexibility index (Phi) is 5.29. The number of methoxy groups -OCH3 is 1. The summed E-state index contributed by atoms with van der Waals surface area (Å²) in [4.78, 5) is 14.0. The third-order valence-electron chi connectivity index (χ3n) is 4.89. The second-order valence-corrected chi connectivity index (χ2v) is 8.39. The van der Waals surface area contributed by atoms with Gasteiger partial charge >= 0.3 is 5.97 Å². The van der Waals surface area contributed by atoms with Crippen molar-refractivity contribution in [2.75, 3.05) is 13.7 Å². The van der Waals surface area contributed by atoms with Gasteiger partial charge in [0.1, 0.15) is 5.75 Å². The Balaban J connectivity index is 1.35. The zero-order chi connectivity index (χ0) is 18.8. The van der Waals surface area contributed by atoms with Gasteiger partial charge < -0.3 is 14.6 Å². The zero-order valence-electron chi connectivity index (χ0n) is 14.9. The van der Waals surface area contributed by atoms with E-state index in [1.54, 1.807) is 0 Å². The largest absolute Gasteiger partial charge is 0.494 e. The van der Waals surface area contributed by atoms with Crippen LogP contribution in [0.15, 0.2) is 47.2 Å². The summed E-state index contributed by atoms with van der Waals surface area (Å²) in [5.74, 6) is 0.293. The molecule has 0 bridgehead atoms. The highest BCUT2D eigenvalue weighted by atomic mass is 32.1. The first kappa shape index (κ1) is 18.2. The second-order valence-electron chi connectivity index (χ2n) is 6.50. The molecule has 1 unspecified atom stereocenters. The van der Waals surface area contributed by atoms with Gasteiger partial charge in [-0.2, -0.15) is 0 Å². The summed E-state index contributed by atoms with van der Waals surface area (Å²) in [6, 6.07) is 12.0. The highest BCUT2D eigenvalue weighted by Gasteiger charge is 2.30. The Hall–Kier alpha value is -2.15. The van der Waals surface area contributed by atoms with Crippen molar-refractivity contribution in [1.29, 1.82) is 0 Å². The molecule has 0 saturated carbocycles. The summed E-state index contributed by atoms with van der Waals surface area (Å²) in [5, 5.41) is 13.4. The van der Waals surface area contributed by atoms with Gasteiger partial charge in [0.05, 0.1) is 6.61 Å². The Bertz CT molecular complexity index is 886. The van der Waals surface area contributed by atoms with Gasteiger partial charge in [0, 0.05) is 29.2 Å². The Morgan fingerprint density at radius 2 is 1.70 bits per heavy atom. The molecule has 4 rings (SSSR count). The molecule has 1 aromatic carbocycles. The first-order valence-electron chi connectivity index (χ1n) is 8.80. The van der Waals surface area contributed by atoms with E-state index in [9.17, 15) is 4.79 Å². The lowest BCUT2D eigenvalue weighted by molar-refractivity contribution is -0.148. The van der Waals surface area contributed by atoms with E-state index in [2.05, 4.69) is 22.9 Å². The number of thiophene rings is 2.